The van der Waals surface area contributed by atoms with E-state index in [1.165, 1.54) is 26.4 Å². The first-order valence-corrected chi connectivity index (χ1v) is 3.76. The summed E-state index contributed by atoms with van der Waals surface area (Å²) in [7, 11) is 0. The summed E-state index contributed by atoms with van der Waals surface area (Å²) in [5.74, 6) is 0. The number of carbonyl (C=O) groups is 2. The van der Waals surface area contributed by atoms with E-state index in [2.05, 4.69) is 0 Å². The zero-order chi connectivity index (χ0) is 18.0. The molecule has 0 aromatic heterocycles. The number of alkyl halides is 2. The first kappa shape index (κ1) is 51.8. The van der Waals surface area contributed by atoms with Crippen LogP contribution in [-0.2, 0) is 14.4 Å². The molecule has 0 amide bonds. The molecule has 0 saturated carbocycles. The van der Waals surface area contributed by atoms with Gasteiger partial charge in [0.25, 0.3) is 0 Å². The molecule has 128 valence electrons. The van der Waals surface area contributed by atoms with Gasteiger partial charge >= 0.3 is 12.3 Å². The Morgan fingerprint density at radius 1 is 0.909 bits per heavy atom. The van der Waals surface area contributed by atoms with E-state index >= 15 is 0 Å². The van der Waals surface area contributed by atoms with Crippen molar-refractivity contribution in [1.82, 2.24) is 0 Å². The van der Waals surface area contributed by atoms with Crippen LogP contribution in [0.5, 0.6) is 0 Å². The van der Waals surface area contributed by atoms with Gasteiger partial charge in [-0.25, -0.2) is 18.9 Å². The number of carbonyl (C=O) groups excluding carboxylic acids is 4. The molecule has 0 atom stereocenters. The predicted octanol–water partition coefficient (Wildman–Crippen LogP) is 1.50. The van der Waals surface area contributed by atoms with E-state index in [0.717, 1.165) is 0 Å². The van der Waals surface area contributed by atoms with Gasteiger partial charge in [-0.3, -0.25) is 17.4 Å². The second-order valence-corrected chi connectivity index (χ2v) is 1.24. The van der Waals surface area contributed by atoms with Crippen LogP contribution in [0.2, 0.25) is 0 Å². The minimum atomic E-state index is -2.83. The Morgan fingerprint density at radius 3 is 0.955 bits per heavy atom. The van der Waals surface area contributed by atoms with E-state index in [-0.39, 0.29) is 0 Å². The quantitative estimate of drug-likeness (QED) is 0.236. The monoisotopic (exact) mass is 852 g/mol. The van der Waals surface area contributed by atoms with Crippen molar-refractivity contribution in [2.45, 2.75) is 13.8 Å². The molecular formula is C8H12F6O6Rf2-2. The number of halogens is 6. The second-order valence-electron chi connectivity index (χ2n) is 1.24. The molecule has 0 aromatic rings. The van der Waals surface area contributed by atoms with Gasteiger partial charge in [0.2, 0.25) is 0 Å². The molecule has 0 aliphatic carbocycles. The van der Waals surface area contributed by atoms with Crippen LogP contribution in [-0.4, -0.2) is 48.9 Å². The molecule has 0 fully saturated rings. The fourth-order valence-corrected chi connectivity index (χ4v) is 0. The van der Waals surface area contributed by atoms with Crippen LogP contribution >= 0.6 is 0 Å². The van der Waals surface area contributed by atoms with Gasteiger partial charge in [0.1, 0.15) is 0 Å². The van der Waals surface area contributed by atoms with E-state index < -0.39 is 25.9 Å². The van der Waals surface area contributed by atoms with E-state index in [0.29, 0.717) is 0 Å². The summed E-state index contributed by atoms with van der Waals surface area (Å²) in [5.41, 5.74) is 0. The third-order valence-electron chi connectivity index (χ3n) is 0.105. The Morgan fingerprint density at radius 2 is 0.955 bits per heavy atom. The summed E-state index contributed by atoms with van der Waals surface area (Å²) in [6, 6.07) is -1.91. The summed E-state index contributed by atoms with van der Waals surface area (Å²) in [6.45, 7) is -0.111. The van der Waals surface area contributed by atoms with Crippen molar-refractivity contribution in [2.75, 3.05) is 13.5 Å². The van der Waals surface area contributed by atoms with Gasteiger partial charge in [0.15, 0.2) is 13.5 Å². The zero-order valence-corrected chi connectivity index (χ0v) is 24.4. The van der Waals surface area contributed by atoms with Crippen molar-refractivity contribution in [3.63, 3.8) is 0 Å². The molecule has 14 heteroatoms. The van der Waals surface area contributed by atoms with E-state index in [1.54, 1.807) is 0 Å². The molecule has 0 heterocycles. The Kier molecular flexibility index (Phi) is 277. The molecule has 0 spiro atoms. The fourth-order valence-electron chi connectivity index (χ4n) is 0. The van der Waals surface area contributed by atoms with Crippen LogP contribution in [0.3, 0.4) is 0 Å². The van der Waals surface area contributed by atoms with Crippen LogP contribution in [0.4, 0.5) is 31.3 Å². The smallest absolute Gasteiger partial charge is 0.483 e. The van der Waals surface area contributed by atoms with Crippen LogP contribution < -0.4 is 0 Å². The van der Waals surface area contributed by atoms with E-state index in [1.807, 2.05) is 0 Å². The number of aliphatic hydroxyl groups is 1. The second kappa shape index (κ2) is 118. The van der Waals surface area contributed by atoms with Crippen molar-refractivity contribution >= 4 is 24.9 Å². The van der Waals surface area contributed by atoms with Crippen molar-refractivity contribution in [3.05, 3.63) is 0 Å². The standard InChI is InChI=1S/C2H2F2O.2C2H3O.CF2O.CH3FO.FHO.2Rf/c3-1-2(4)5;2*1-2-3;2-1(3)4;2-1-3;1-2;;/h1H2;2*1H3;;3H,1H2;2H;;/q;2*-1;;;;;. The molecule has 0 saturated heterocycles. The Hall–Kier alpha value is -3.82. The third kappa shape index (κ3) is 1130. The van der Waals surface area contributed by atoms with Gasteiger partial charge in [0.05, 0.1) is 0 Å². The summed E-state index contributed by atoms with van der Waals surface area (Å²) in [4.78, 5) is 34.2. The van der Waals surface area contributed by atoms with Crippen molar-refractivity contribution < 1.29 is 56.1 Å². The Bertz CT molecular complexity index is 192. The van der Waals surface area contributed by atoms with E-state index in [4.69, 9.17) is 34.1 Å². The Labute approximate surface area is 109 Å². The summed E-state index contributed by atoms with van der Waals surface area (Å²) >= 11 is 0. The first-order valence-electron chi connectivity index (χ1n) is 3.76. The minimum Gasteiger partial charge on any atom is -0.542 e. The van der Waals surface area contributed by atoms with Gasteiger partial charge in [-0.15, -0.1) is 8.78 Å². The molecular weight excluding hydrogens is 840 g/mol. The predicted molar refractivity (Wildman–Crippen MR) is 54.0 cm³/mol. The minimum absolute atomic E-state index is 0. The fraction of sp³-hybridized carbons (Fsp3) is 0.500. The Balaban J connectivity index is -0.0000000179. The summed E-state index contributed by atoms with van der Waals surface area (Å²) in [6.07, 6.45) is 0.167. The van der Waals surface area contributed by atoms with Gasteiger partial charge in [-0.2, -0.15) is 18.2 Å². The van der Waals surface area contributed by atoms with Crippen molar-refractivity contribution in [2.24, 2.45) is 0 Å². The molecule has 2 N–H and O–H groups in total. The third-order valence-corrected chi connectivity index (χ3v) is 0.105. The van der Waals surface area contributed by atoms with Crippen LogP contribution in [0.25, 0.3) is 0 Å². The molecule has 0 rings (SSSR count). The maximum Gasteiger partial charge on any atom is 0.483 e. The molecule has 0 bridgehead atoms. The maximum absolute atomic E-state index is 10.4. The normalized spacial score (nSPS) is 5.18. The van der Waals surface area contributed by atoms with Crippen molar-refractivity contribution in [3.8, 4) is 0 Å². The molecule has 0 aliphatic heterocycles. The average molecular weight is 852 g/mol. The first-order chi connectivity index (χ1) is 9.24. The molecule has 0 radical (unpaired) electrons. The van der Waals surface area contributed by atoms with E-state index in [9.17, 15) is 22.0 Å². The SMILES string of the molecule is C[C-]=O.C[C-]=O.O=C(F)CF.O=C(F)F.OCF.OF.[Rf].[Rf]. The number of aliphatic hydroxyl groups excluding tert-OH is 1. The molecule has 0 aromatic carbocycles. The zero-order valence-electron chi connectivity index (χ0n) is 11.6. The average Bonchev–Trinajstić information content (AvgIpc) is 2.34. The van der Waals surface area contributed by atoms with Gasteiger partial charge in [-0.1, -0.05) is 4.53 Å². The van der Waals surface area contributed by atoms with Gasteiger partial charge < -0.3 is 14.7 Å². The molecule has 0 unspecified atom stereocenters. The topological polar surface area (TPSA) is 109 Å². The van der Waals surface area contributed by atoms with Crippen LogP contribution in [0, 0.1) is 0 Å². The number of rotatable bonds is 1. The summed E-state index contributed by atoms with van der Waals surface area (Å²) < 4.78 is 58.5. The maximum atomic E-state index is 10.4. The number of hydrogen-bond acceptors (Lipinski definition) is 6. The van der Waals surface area contributed by atoms with Gasteiger partial charge in [-0.05, 0) is 0 Å². The largest absolute Gasteiger partial charge is 0.542 e. The van der Waals surface area contributed by atoms with Crippen LogP contribution in [0.15, 0.2) is 0 Å². The van der Waals surface area contributed by atoms with Crippen molar-refractivity contribution in [1.29, 1.82) is 0 Å². The summed E-state index contributed by atoms with van der Waals surface area (Å²) in [5, 5.41) is 12.4. The van der Waals surface area contributed by atoms with Gasteiger partial charge in [0, 0.05) is 0 Å². The molecule has 22 heavy (non-hydrogen) atoms. The molecule has 0 aliphatic rings. The van der Waals surface area contributed by atoms with Crippen LogP contribution in [0.1, 0.15) is 13.8 Å². The molecule has 6 nitrogen and oxygen atoms in total. The number of hydrogen-bond donors (Lipinski definition) is 2.